The number of methoxy groups -OCH3 is 1. The predicted molar refractivity (Wildman–Crippen MR) is 101 cm³/mol. The molecular weight excluding hydrogens is 369 g/mol. The average molecular weight is 398 g/mol. The number of sulfonamides is 1. The van der Waals surface area contributed by atoms with Gasteiger partial charge in [0.05, 0.1) is 5.75 Å². The molecule has 2 bridgehead atoms. The van der Waals surface area contributed by atoms with Crippen LogP contribution in [0.15, 0.2) is 24.3 Å². The largest absolute Gasteiger partial charge is 0.372 e. The van der Waals surface area contributed by atoms with Gasteiger partial charge in [-0.25, -0.2) is 17.5 Å². The number of hydrogen-bond donors (Lipinski definition) is 1. The number of halogens is 1. The molecule has 3 atom stereocenters. The molecule has 1 aromatic carbocycles. The van der Waals surface area contributed by atoms with Gasteiger partial charge in [-0.05, 0) is 37.2 Å². The highest BCUT2D eigenvalue weighted by atomic mass is 32.2. The number of ether oxygens (including phenoxy) is 1. The normalized spacial score (nSPS) is 29.1. The summed E-state index contributed by atoms with van der Waals surface area (Å²) in [6.45, 7) is 5.54. The minimum absolute atomic E-state index is 0.0535. The lowest BCUT2D eigenvalue weighted by molar-refractivity contribution is -0.128. The number of carbonyl (C=O) groups is 1. The van der Waals surface area contributed by atoms with Crippen LogP contribution < -0.4 is 4.72 Å². The Kier molecular flexibility index (Phi) is 5.02. The molecule has 0 spiro atoms. The van der Waals surface area contributed by atoms with Gasteiger partial charge in [0, 0.05) is 31.1 Å². The molecule has 2 fully saturated rings. The van der Waals surface area contributed by atoms with Crippen molar-refractivity contribution < 1.29 is 22.3 Å². The van der Waals surface area contributed by atoms with Gasteiger partial charge in [0.15, 0.2) is 0 Å². The zero-order valence-electron chi connectivity index (χ0n) is 16.3. The molecule has 5 nitrogen and oxygen atoms in total. The van der Waals surface area contributed by atoms with Crippen LogP contribution in [0.3, 0.4) is 0 Å². The maximum atomic E-state index is 14.2. The third-order valence-corrected chi connectivity index (χ3v) is 8.56. The molecule has 3 rings (SSSR count). The summed E-state index contributed by atoms with van der Waals surface area (Å²) in [4.78, 5) is 12.6. The zero-order valence-corrected chi connectivity index (χ0v) is 17.2. The Morgan fingerprint density at radius 3 is 2.52 bits per heavy atom. The second-order valence-corrected chi connectivity index (χ2v) is 10.5. The first-order valence-corrected chi connectivity index (χ1v) is 10.9. The summed E-state index contributed by atoms with van der Waals surface area (Å²) >= 11 is 0. The highest BCUT2D eigenvalue weighted by Crippen LogP contribution is 2.64. The molecule has 1 aromatic rings. The highest BCUT2D eigenvalue weighted by molar-refractivity contribution is 7.89. The molecule has 0 radical (unpaired) electrons. The van der Waals surface area contributed by atoms with E-state index >= 15 is 0 Å². The van der Waals surface area contributed by atoms with Gasteiger partial charge in [0.25, 0.3) is 0 Å². The van der Waals surface area contributed by atoms with Crippen LogP contribution in [0.2, 0.25) is 0 Å². The fraction of sp³-hybridized carbons (Fsp3) is 0.650. The molecule has 150 valence electrons. The van der Waals surface area contributed by atoms with Gasteiger partial charge in [-0.2, -0.15) is 0 Å². The van der Waals surface area contributed by atoms with Gasteiger partial charge in [-0.3, -0.25) is 4.79 Å². The van der Waals surface area contributed by atoms with Crippen molar-refractivity contribution in [2.24, 2.45) is 16.7 Å². The Balaban J connectivity index is 1.79. The van der Waals surface area contributed by atoms with E-state index in [-0.39, 0.29) is 35.0 Å². The Morgan fingerprint density at radius 2 is 2.00 bits per heavy atom. The fourth-order valence-electron chi connectivity index (χ4n) is 4.90. The minimum Gasteiger partial charge on any atom is -0.372 e. The van der Waals surface area contributed by atoms with Crippen LogP contribution in [-0.4, -0.2) is 33.6 Å². The van der Waals surface area contributed by atoms with Crippen molar-refractivity contribution in [3.63, 3.8) is 0 Å². The number of fused-ring (bicyclic) bond motifs is 2. The Labute approximate surface area is 160 Å². The lowest BCUT2D eigenvalue weighted by atomic mass is 9.70. The molecule has 27 heavy (non-hydrogen) atoms. The zero-order chi connectivity index (χ0) is 20.1. The van der Waals surface area contributed by atoms with Gasteiger partial charge in [-0.1, -0.05) is 32.0 Å². The first kappa shape index (κ1) is 20.4. The molecule has 0 unspecified atom stereocenters. The van der Waals surface area contributed by atoms with E-state index < -0.39 is 26.9 Å². The molecule has 2 saturated carbocycles. The second-order valence-electron chi connectivity index (χ2n) is 8.66. The molecule has 0 heterocycles. The van der Waals surface area contributed by atoms with Crippen molar-refractivity contribution in [1.29, 1.82) is 0 Å². The summed E-state index contributed by atoms with van der Waals surface area (Å²) in [5, 5.41) is 0. The van der Waals surface area contributed by atoms with Crippen LogP contribution >= 0.6 is 0 Å². The number of hydrogen-bond acceptors (Lipinski definition) is 4. The summed E-state index contributed by atoms with van der Waals surface area (Å²) < 4.78 is 48.0. The van der Waals surface area contributed by atoms with Crippen LogP contribution in [0.25, 0.3) is 0 Å². The van der Waals surface area contributed by atoms with Crippen molar-refractivity contribution in [2.45, 2.75) is 45.6 Å². The molecule has 0 aliphatic heterocycles. The predicted octanol–water partition coefficient (Wildman–Crippen LogP) is 3.00. The van der Waals surface area contributed by atoms with E-state index in [1.807, 2.05) is 13.8 Å². The van der Waals surface area contributed by atoms with Gasteiger partial charge in [-0.15, -0.1) is 0 Å². The van der Waals surface area contributed by atoms with E-state index in [0.29, 0.717) is 12.8 Å². The van der Waals surface area contributed by atoms with Crippen LogP contribution in [0.4, 0.5) is 4.39 Å². The highest BCUT2D eigenvalue weighted by Gasteiger charge is 2.65. The van der Waals surface area contributed by atoms with E-state index in [0.717, 1.165) is 6.42 Å². The van der Waals surface area contributed by atoms with E-state index in [2.05, 4.69) is 4.72 Å². The number of benzene rings is 1. The smallest absolute Gasteiger partial charge is 0.212 e. The maximum Gasteiger partial charge on any atom is 0.212 e. The molecule has 2 aliphatic carbocycles. The summed E-state index contributed by atoms with van der Waals surface area (Å²) in [6.07, 6.45) is 1.96. The first-order chi connectivity index (χ1) is 12.5. The standard InChI is InChI=1S/C20H28FNO4S/c1-18(2)14-9-10-20(18,17(23)11-14)13-27(24,25)22-12-19(3,26-4)15-7-5-6-8-16(15)21/h5-8,14,22H,9-13H2,1-4H3/t14-,19-,20+/m0/s1. The van der Waals surface area contributed by atoms with E-state index in [9.17, 15) is 17.6 Å². The second kappa shape index (κ2) is 6.64. The number of nitrogens with one attached hydrogen (secondary N) is 1. The van der Waals surface area contributed by atoms with Crippen LogP contribution in [0.1, 0.15) is 45.6 Å². The van der Waals surface area contributed by atoms with Crippen molar-refractivity contribution in [1.82, 2.24) is 4.72 Å². The van der Waals surface area contributed by atoms with Crippen molar-refractivity contribution in [3.8, 4) is 0 Å². The van der Waals surface area contributed by atoms with Gasteiger partial charge < -0.3 is 4.74 Å². The summed E-state index contributed by atoms with van der Waals surface area (Å²) in [6, 6.07) is 6.15. The molecule has 0 aromatic heterocycles. The lowest BCUT2D eigenvalue weighted by Crippen LogP contribution is -2.48. The van der Waals surface area contributed by atoms with E-state index in [1.54, 1.807) is 25.1 Å². The van der Waals surface area contributed by atoms with E-state index in [4.69, 9.17) is 4.74 Å². The third-order valence-electron chi connectivity index (χ3n) is 7.10. The monoisotopic (exact) mass is 397 g/mol. The van der Waals surface area contributed by atoms with Gasteiger partial charge >= 0.3 is 0 Å². The number of Topliss-reactive ketones (excluding diaryl/α,β-unsaturated/α-hetero) is 1. The van der Waals surface area contributed by atoms with Crippen LogP contribution in [0.5, 0.6) is 0 Å². The minimum atomic E-state index is -3.75. The van der Waals surface area contributed by atoms with Crippen molar-refractivity contribution in [3.05, 3.63) is 35.6 Å². The quantitative estimate of drug-likeness (QED) is 0.768. The first-order valence-electron chi connectivity index (χ1n) is 9.28. The van der Waals surface area contributed by atoms with Gasteiger partial charge in [0.1, 0.15) is 17.2 Å². The fourth-order valence-corrected chi connectivity index (χ4v) is 6.82. The topological polar surface area (TPSA) is 72.5 Å². The Bertz CT molecular complexity index is 853. The SMILES string of the molecule is CO[C@@](C)(CNS(=O)(=O)C[C@]12CC[C@@H](CC1=O)C2(C)C)c1ccccc1F. The molecule has 1 N–H and O–H groups in total. The number of ketones is 1. The van der Waals surface area contributed by atoms with Crippen LogP contribution in [-0.2, 0) is 25.2 Å². The molecule has 0 saturated heterocycles. The van der Waals surface area contributed by atoms with Gasteiger partial charge in [0.2, 0.25) is 10.0 Å². The number of carbonyl (C=O) groups excluding carboxylic acids is 1. The lowest BCUT2D eigenvalue weighted by Gasteiger charge is -2.36. The van der Waals surface area contributed by atoms with Crippen LogP contribution in [0, 0.1) is 22.6 Å². The van der Waals surface area contributed by atoms with Crippen molar-refractivity contribution in [2.75, 3.05) is 19.4 Å². The molecule has 2 aliphatic rings. The van der Waals surface area contributed by atoms with E-state index in [1.165, 1.54) is 13.2 Å². The third kappa shape index (κ3) is 3.23. The Hall–Kier alpha value is -1.31. The summed E-state index contributed by atoms with van der Waals surface area (Å²) in [5.74, 6) is -0.370. The summed E-state index contributed by atoms with van der Waals surface area (Å²) in [5.41, 5.74) is -2.02. The Morgan fingerprint density at radius 1 is 1.33 bits per heavy atom. The van der Waals surface area contributed by atoms with Crippen molar-refractivity contribution >= 4 is 15.8 Å². The molecule has 0 amide bonds. The molecular formula is C20H28FNO4S. The molecule has 7 heteroatoms. The number of rotatable bonds is 7. The summed E-state index contributed by atoms with van der Waals surface area (Å²) in [7, 11) is -2.33. The maximum absolute atomic E-state index is 14.2. The average Bonchev–Trinajstić information content (AvgIpc) is 2.94.